The van der Waals surface area contributed by atoms with Gasteiger partial charge in [0, 0.05) is 29.1 Å². The van der Waals surface area contributed by atoms with E-state index in [0.29, 0.717) is 42.7 Å². The lowest BCUT2D eigenvalue weighted by Gasteiger charge is -2.17. The van der Waals surface area contributed by atoms with Gasteiger partial charge in [0.25, 0.3) is 0 Å². The number of aromatic nitrogens is 1. The zero-order chi connectivity index (χ0) is 13.4. The van der Waals surface area contributed by atoms with Gasteiger partial charge in [-0.15, -0.1) is 0 Å². The van der Waals surface area contributed by atoms with E-state index >= 15 is 0 Å². The summed E-state index contributed by atoms with van der Waals surface area (Å²) < 4.78 is 24.3. The number of aromatic amines is 1. The monoisotopic (exact) mass is 263 g/mol. The largest absolute Gasteiger partial charge is 0.491 e. The van der Waals surface area contributed by atoms with E-state index in [1.165, 1.54) is 12.1 Å². The van der Waals surface area contributed by atoms with Crippen molar-refractivity contribution in [3.63, 3.8) is 0 Å². The van der Waals surface area contributed by atoms with Crippen molar-refractivity contribution >= 4 is 10.9 Å². The van der Waals surface area contributed by atoms with Crippen LogP contribution in [0, 0.1) is 5.82 Å². The molecule has 0 unspecified atom stereocenters. The van der Waals surface area contributed by atoms with Crippen LogP contribution in [0.15, 0.2) is 16.9 Å². The molecule has 100 valence electrons. The topological polar surface area (TPSA) is 51.3 Å². The Labute approximate surface area is 109 Å². The first-order chi connectivity index (χ1) is 9.20. The van der Waals surface area contributed by atoms with E-state index in [1.54, 1.807) is 6.92 Å². The van der Waals surface area contributed by atoms with E-state index in [1.807, 2.05) is 0 Å². The molecule has 1 aromatic carbocycles. The van der Waals surface area contributed by atoms with Crippen molar-refractivity contribution in [3.8, 4) is 5.75 Å². The molecule has 1 aliphatic heterocycles. The van der Waals surface area contributed by atoms with Crippen molar-refractivity contribution in [2.24, 2.45) is 0 Å². The molecule has 0 spiro atoms. The highest BCUT2D eigenvalue weighted by Crippen LogP contribution is 2.24. The van der Waals surface area contributed by atoms with Crippen LogP contribution < -0.4 is 10.2 Å². The summed E-state index contributed by atoms with van der Waals surface area (Å²) >= 11 is 0. The van der Waals surface area contributed by atoms with Gasteiger partial charge in [-0.1, -0.05) is 0 Å². The molecule has 0 saturated heterocycles. The number of benzene rings is 1. The molecule has 0 saturated carbocycles. The Kier molecular flexibility index (Phi) is 2.98. The summed E-state index contributed by atoms with van der Waals surface area (Å²) in [5.74, 6) is -0.353. The highest BCUT2D eigenvalue weighted by Gasteiger charge is 2.17. The smallest absolute Gasteiger partial charge is 0.195 e. The van der Waals surface area contributed by atoms with E-state index in [4.69, 9.17) is 9.47 Å². The van der Waals surface area contributed by atoms with Crippen LogP contribution >= 0.6 is 0 Å². The van der Waals surface area contributed by atoms with Gasteiger partial charge in [0.15, 0.2) is 17.0 Å². The maximum absolute atomic E-state index is 13.8. The Hall–Kier alpha value is -1.88. The summed E-state index contributed by atoms with van der Waals surface area (Å²) in [6.45, 7) is 3.01. The Bertz CT molecular complexity index is 693. The number of halogens is 1. The molecule has 0 bridgehead atoms. The third-order valence-corrected chi connectivity index (χ3v) is 3.28. The number of ether oxygens (including phenoxy) is 2. The lowest BCUT2D eigenvalue weighted by atomic mass is 10.1. The summed E-state index contributed by atoms with van der Waals surface area (Å²) in [7, 11) is 0. The lowest BCUT2D eigenvalue weighted by Crippen LogP contribution is -2.21. The van der Waals surface area contributed by atoms with Crippen molar-refractivity contribution in [1.29, 1.82) is 0 Å². The minimum absolute atomic E-state index is 0.107. The van der Waals surface area contributed by atoms with E-state index < -0.39 is 5.82 Å². The van der Waals surface area contributed by atoms with Gasteiger partial charge in [-0.2, -0.15) is 0 Å². The first-order valence-corrected chi connectivity index (χ1v) is 6.28. The zero-order valence-electron chi connectivity index (χ0n) is 10.6. The normalized spacial score (nSPS) is 14.4. The predicted octanol–water partition coefficient (Wildman–Crippen LogP) is 2.14. The van der Waals surface area contributed by atoms with E-state index in [9.17, 15) is 9.18 Å². The second kappa shape index (κ2) is 4.66. The average molecular weight is 263 g/mol. The number of fused-ring (bicyclic) bond motifs is 2. The van der Waals surface area contributed by atoms with Crippen molar-refractivity contribution in [3.05, 3.63) is 39.4 Å². The summed E-state index contributed by atoms with van der Waals surface area (Å²) in [6, 6.07) is 2.78. The maximum Gasteiger partial charge on any atom is 0.195 e. The number of nitrogens with one attached hydrogen (secondary N) is 1. The Balaban J connectivity index is 2.27. The van der Waals surface area contributed by atoms with Crippen LogP contribution in [0.5, 0.6) is 5.75 Å². The van der Waals surface area contributed by atoms with Gasteiger partial charge in [-0.3, -0.25) is 4.79 Å². The van der Waals surface area contributed by atoms with Gasteiger partial charge in [-0.05, 0) is 13.0 Å². The number of rotatable bonds is 2. The van der Waals surface area contributed by atoms with Crippen LogP contribution in [0.4, 0.5) is 4.39 Å². The van der Waals surface area contributed by atoms with Crippen molar-refractivity contribution < 1.29 is 13.9 Å². The number of hydrogen-bond acceptors (Lipinski definition) is 3. The molecule has 3 rings (SSSR count). The molecular weight excluding hydrogens is 249 g/mol. The third kappa shape index (κ3) is 2.00. The molecule has 1 N–H and O–H groups in total. The Morgan fingerprint density at radius 1 is 1.47 bits per heavy atom. The Morgan fingerprint density at radius 3 is 3.11 bits per heavy atom. The third-order valence-electron chi connectivity index (χ3n) is 3.28. The van der Waals surface area contributed by atoms with Crippen LogP contribution in [-0.4, -0.2) is 18.2 Å². The minimum atomic E-state index is -0.461. The quantitative estimate of drug-likeness (QED) is 0.903. The molecule has 0 amide bonds. The van der Waals surface area contributed by atoms with Crippen LogP contribution in [0.2, 0.25) is 0 Å². The van der Waals surface area contributed by atoms with Crippen LogP contribution in [0.25, 0.3) is 10.9 Å². The van der Waals surface area contributed by atoms with Gasteiger partial charge in [0.05, 0.1) is 25.3 Å². The number of H-pyrrole nitrogens is 1. The summed E-state index contributed by atoms with van der Waals surface area (Å²) in [4.78, 5) is 15.5. The summed E-state index contributed by atoms with van der Waals surface area (Å²) in [5.41, 5.74) is 1.87. The van der Waals surface area contributed by atoms with Gasteiger partial charge in [-0.25, -0.2) is 4.39 Å². The fraction of sp³-hybridized carbons (Fsp3) is 0.357. The summed E-state index contributed by atoms with van der Waals surface area (Å²) in [6.07, 6.45) is 0.648. The van der Waals surface area contributed by atoms with Gasteiger partial charge in [0.1, 0.15) is 0 Å². The van der Waals surface area contributed by atoms with Crippen LogP contribution in [0.1, 0.15) is 18.2 Å². The first-order valence-electron chi connectivity index (χ1n) is 6.28. The van der Waals surface area contributed by atoms with Crippen molar-refractivity contribution in [1.82, 2.24) is 4.98 Å². The van der Waals surface area contributed by atoms with Gasteiger partial charge >= 0.3 is 0 Å². The highest BCUT2D eigenvalue weighted by atomic mass is 19.1. The molecule has 2 heterocycles. The molecule has 1 aliphatic rings. The molecule has 19 heavy (non-hydrogen) atoms. The minimum Gasteiger partial charge on any atom is -0.491 e. The standard InChI is InChI=1S/C14H14FNO3/c1-2-19-13-5-8-12(6-10(13)15)16-11-3-4-18-7-9(11)14(8)17/h5-6H,2-4,7H2,1H3,(H,16,17). The molecule has 0 fully saturated rings. The second-order valence-corrected chi connectivity index (χ2v) is 4.48. The molecule has 5 heteroatoms. The first kappa shape index (κ1) is 12.2. The zero-order valence-corrected chi connectivity index (χ0v) is 10.6. The predicted molar refractivity (Wildman–Crippen MR) is 69.1 cm³/mol. The van der Waals surface area contributed by atoms with E-state index in [0.717, 1.165) is 5.69 Å². The average Bonchev–Trinajstić information content (AvgIpc) is 2.41. The maximum atomic E-state index is 13.8. The van der Waals surface area contributed by atoms with Crippen LogP contribution in [0.3, 0.4) is 0 Å². The second-order valence-electron chi connectivity index (χ2n) is 4.48. The molecule has 4 nitrogen and oxygen atoms in total. The van der Waals surface area contributed by atoms with E-state index in [-0.39, 0.29) is 11.2 Å². The highest BCUT2D eigenvalue weighted by molar-refractivity contribution is 5.81. The van der Waals surface area contributed by atoms with Gasteiger partial charge in [0.2, 0.25) is 0 Å². The molecule has 0 radical (unpaired) electrons. The SMILES string of the molecule is CCOc1cc2c(=O)c3c([nH]c2cc1F)CCOC3. The van der Waals surface area contributed by atoms with Gasteiger partial charge < -0.3 is 14.5 Å². The Morgan fingerprint density at radius 2 is 2.32 bits per heavy atom. The fourth-order valence-corrected chi connectivity index (χ4v) is 2.36. The fourth-order valence-electron chi connectivity index (χ4n) is 2.36. The van der Waals surface area contributed by atoms with Crippen molar-refractivity contribution in [2.75, 3.05) is 13.2 Å². The molecule has 0 aliphatic carbocycles. The molecule has 2 aromatic rings. The molecule has 0 atom stereocenters. The number of pyridine rings is 1. The molecule has 1 aromatic heterocycles. The summed E-state index contributed by atoms with van der Waals surface area (Å²) in [5, 5.41) is 0.439. The lowest BCUT2D eigenvalue weighted by molar-refractivity contribution is 0.109. The van der Waals surface area contributed by atoms with Crippen molar-refractivity contribution in [2.45, 2.75) is 20.0 Å². The molecular formula is C14H14FNO3. The van der Waals surface area contributed by atoms with Crippen LogP contribution in [-0.2, 0) is 17.8 Å². The van der Waals surface area contributed by atoms with E-state index in [2.05, 4.69) is 4.98 Å². The number of hydrogen-bond donors (Lipinski definition) is 1.